The molecule has 0 radical (unpaired) electrons. The van der Waals surface area contributed by atoms with Crippen LogP contribution in [-0.2, 0) is 0 Å². The molecule has 2 heteroatoms. The number of aliphatic imine (C=N–C) groups is 1. The number of nitrogens with zero attached hydrogens (tertiary/aromatic N) is 1. The van der Waals surface area contributed by atoms with Gasteiger partial charge in [0.2, 0.25) is 0 Å². The Hall–Kier alpha value is -1.57. The second-order valence-electron chi connectivity index (χ2n) is 2.58. The molecule has 1 aromatic rings. The third-order valence-electron chi connectivity index (χ3n) is 1.50. The summed E-state index contributed by atoms with van der Waals surface area (Å²) in [6.45, 7) is 5.53. The van der Waals surface area contributed by atoms with Gasteiger partial charge in [-0.05, 0) is 24.6 Å². The summed E-state index contributed by atoms with van der Waals surface area (Å²) in [4.78, 5) is 4.10. The fourth-order valence-corrected chi connectivity index (χ4v) is 0.925. The zero-order valence-electron chi connectivity index (χ0n) is 7.12. The first-order chi connectivity index (χ1) is 5.74. The van der Waals surface area contributed by atoms with E-state index in [4.69, 9.17) is 5.73 Å². The van der Waals surface area contributed by atoms with Crippen molar-refractivity contribution in [2.24, 2.45) is 4.99 Å². The minimum Gasteiger partial charge on any atom is -0.397 e. The van der Waals surface area contributed by atoms with Gasteiger partial charge in [0.15, 0.2) is 0 Å². The van der Waals surface area contributed by atoms with E-state index in [-0.39, 0.29) is 0 Å². The van der Waals surface area contributed by atoms with E-state index < -0.39 is 0 Å². The number of benzene rings is 1. The van der Waals surface area contributed by atoms with Gasteiger partial charge in [0, 0.05) is 6.21 Å². The molecule has 2 nitrogen and oxygen atoms in total. The molecule has 0 unspecified atom stereocenters. The number of nitrogens with two attached hydrogens (primary N) is 1. The van der Waals surface area contributed by atoms with E-state index in [1.807, 2.05) is 25.1 Å². The number of nitrogen functional groups attached to an aromatic ring is 1. The van der Waals surface area contributed by atoms with Crippen LogP contribution in [0.25, 0.3) is 0 Å². The largest absolute Gasteiger partial charge is 0.397 e. The standard InChI is InChI=1S/C10H12N2/c1-3-6-12-10-5-4-8(2)7-9(10)11/h3-7H,1,11H2,2H3. The summed E-state index contributed by atoms with van der Waals surface area (Å²) in [6, 6.07) is 5.77. The first-order valence-corrected chi connectivity index (χ1v) is 3.75. The Bertz CT molecular complexity index is 314. The van der Waals surface area contributed by atoms with E-state index in [0.717, 1.165) is 11.3 Å². The van der Waals surface area contributed by atoms with Crippen molar-refractivity contribution in [1.82, 2.24) is 0 Å². The van der Waals surface area contributed by atoms with Crippen LogP contribution in [0.1, 0.15) is 5.56 Å². The second kappa shape index (κ2) is 3.72. The molecule has 0 aliphatic rings. The zero-order chi connectivity index (χ0) is 8.97. The van der Waals surface area contributed by atoms with Crippen LogP contribution in [0.5, 0.6) is 0 Å². The molecule has 0 saturated heterocycles. The van der Waals surface area contributed by atoms with Crippen molar-refractivity contribution in [3.05, 3.63) is 36.4 Å². The third kappa shape index (κ3) is 1.95. The van der Waals surface area contributed by atoms with Crippen molar-refractivity contribution in [3.8, 4) is 0 Å². The number of hydrogen-bond acceptors (Lipinski definition) is 2. The lowest BCUT2D eigenvalue weighted by molar-refractivity contribution is 1.44. The number of anilines is 1. The Morgan fingerprint density at radius 1 is 1.50 bits per heavy atom. The zero-order valence-corrected chi connectivity index (χ0v) is 7.12. The van der Waals surface area contributed by atoms with Crippen molar-refractivity contribution < 1.29 is 0 Å². The predicted molar refractivity (Wildman–Crippen MR) is 53.9 cm³/mol. The van der Waals surface area contributed by atoms with Gasteiger partial charge in [0.25, 0.3) is 0 Å². The molecule has 0 aromatic heterocycles. The fraction of sp³-hybridized carbons (Fsp3) is 0.100. The molecule has 0 fully saturated rings. The maximum atomic E-state index is 5.71. The minimum atomic E-state index is 0.702. The molecular weight excluding hydrogens is 148 g/mol. The molecule has 0 heterocycles. The number of hydrogen-bond donors (Lipinski definition) is 1. The van der Waals surface area contributed by atoms with Crippen LogP contribution in [-0.4, -0.2) is 6.21 Å². The Labute approximate surface area is 72.4 Å². The van der Waals surface area contributed by atoms with Crippen molar-refractivity contribution in [1.29, 1.82) is 0 Å². The number of allylic oxidation sites excluding steroid dienone is 1. The minimum absolute atomic E-state index is 0.702. The van der Waals surface area contributed by atoms with Crippen molar-refractivity contribution in [3.63, 3.8) is 0 Å². The fourth-order valence-electron chi connectivity index (χ4n) is 0.925. The quantitative estimate of drug-likeness (QED) is 0.523. The van der Waals surface area contributed by atoms with Crippen molar-refractivity contribution >= 4 is 17.6 Å². The molecule has 62 valence electrons. The third-order valence-corrected chi connectivity index (χ3v) is 1.50. The Kier molecular flexibility index (Phi) is 2.64. The topological polar surface area (TPSA) is 38.4 Å². The van der Waals surface area contributed by atoms with Gasteiger partial charge in [-0.3, -0.25) is 4.99 Å². The Balaban J connectivity index is 3.01. The molecule has 2 N–H and O–H groups in total. The summed E-state index contributed by atoms with van der Waals surface area (Å²) < 4.78 is 0. The van der Waals surface area contributed by atoms with Crippen molar-refractivity contribution in [2.75, 3.05) is 5.73 Å². The molecule has 0 spiro atoms. The summed E-state index contributed by atoms with van der Waals surface area (Å²) in [6.07, 6.45) is 3.25. The van der Waals surface area contributed by atoms with Gasteiger partial charge >= 0.3 is 0 Å². The summed E-state index contributed by atoms with van der Waals surface area (Å²) in [5, 5.41) is 0. The average molecular weight is 160 g/mol. The average Bonchev–Trinajstić information content (AvgIpc) is 2.03. The van der Waals surface area contributed by atoms with Gasteiger partial charge < -0.3 is 5.73 Å². The molecule has 1 aromatic carbocycles. The second-order valence-corrected chi connectivity index (χ2v) is 2.58. The normalized spacial score (nSPS) is 10.4. The highest BCUT2D eigenvalue weighted by molar-refractivity contribution is 5.77. The van der Waals surface area contributed by atoms with Gasteiger partial charge in [-0.15, -0.1) is 0 Å². The number of rotatable bonds is 2. The van der Waals surface area contributed by atoms with Gasteiger partial charge in [-0.1, -0.05) is 18.7 Å². The lowest BCUT2D eigenvalue weighted by Gasteiger charge is -1.99. The highest BCUT2D eigenvalue weighted by atomic mass is 14.8. The molecule has 0 aliphatic carbocycles. The monoisotopic (exact) mass is 160 g/mol. The van der Waals surface area contributed by atoms with Crippen LogP contribution in [0.2, 0.25) is 0 Å². The van der Waals surface area contributed by atoms with Crippen LogP contribution in [0.15, 0.2) is 35.8 Å². The summed E-state index contributed by atoms with van der Waals surface area (Å²) >= 11 is 0. The van der Waals surface area contributed by atoms with Crippen LogP contribution in [0.4, 0.5) is 11.4 Å². The SMILES string of the molecule is C=CC=Nc1ccc(C)cc1N. The van der Waals surface area contributed by atoms with E-state index in [1.54, 1.807) is 12.3 Å². The first kappa shape index (κ1) is 8.53. The Morgan fingerprint density at radius 3 is 2.83 bits per heavy atom. The van der Waals surface area contributed by atoms with E-state index in [0.29, 0.717) is 5.69 Å². The van der Waals surface area contributed by atoms with E-state index >= 15 is 0 Å². The van der Waals surface area contributed by atoms with Gasteiger partial charge in [0.05, 0.1) is 11.4 Å². The molecule has 12 heavy (non-hydrogen) atoms. The summed E-state index contributed by atoms with van der Waals surface area (Å²) in [7, 11) is 0. The van der Waals surface area contributed by atoms with Gasteiger partial charge in [0.1, 0.15) is 0 Å². The van der Waals surface area contributed by atoms with Crippen LogP contribution in [0, 0.1) is 6.92 Å². The lowest BCUT2D eigenvalue weighted by atomic mass is 10.2. The molecule has 0 aliphatic heterocycles. The highest BCUT2D eigenvalue weighted by Gasteiger charge is 1.94. The molecule has 0 atom stereocenters. The molecule has 1 rings (SSSR count). The van der Waals surface area contributed by atoms with Gasteiger partial charge in [-0.25, -0.2) is 0 Å². The summed E-state index contributed by atoms with van der Waals surface area (Å²) in [5.74, 6) is 0. The van der Waals surface area contributed by atoms with E-state index in [1.165, 1.54) is 0 Å². The summed E-state index contributed by atoms with van der Waals surface area (Å²) in [5.41, 5.74) is 8.35. The highest BCUT2D eigenvalue weighted by Crippen LogP contribution is 2.21. The van der Waals surface area contributed by atoms with E-state index in [9.17, 15) is 0 Å². The molecule has 0 amide bonds. The lowest BCUT2D eigenvalue weighted by Crippen LogP contribution is -1.85. The molecule has 0 saturated carbocycles. The van der Waals surface area contributed by atoms with Crippen molar-refractivity contribution in [2.45, 2.75) is 6.92 Å². The first-order valence-electron chi connectivity index (χ1n) is 3.75. The van der Waals surface area contributed by atoms with Gasteiger partial charge in [-0.2, -0.15) is 0 Å². The van der Waals surface area contributed by atoms with Crippen LogP contribution >= 0.6 is 0 Å². The molecular formula is C10H12N2. The maximum absolute atomic E-state index is 5.71. The predicted octanol–water partition coefficient (Wildman–Crippen LogP) is 2.47. The molecule has 0 bridgehead atoms. The van der Waals surface area contributed by atoms with Crippen LogP contribution in [0.3, 0.4) is 0 Å². The number of aryl methyl sites for hydroxylation is 1. The smallest absolute Gasteiger partial charge is 0.0859 e. The Morgan fingerprint density at radius 2 is 2.25 bits per heavy atom. The van der Waals surface area contributed by atoms with E-state index in [2.05, 4.69) is 11.6 Å². The maximum Gasteiger partial charge on any atom is 0.0859 e. The van der Waals surface area contributed by atoms with Crippen LogP contribution < -0.4 is 5.73 Å².